The first-order chi connectivity index (χ1) is 9.82. The van der Waals surface area contributed by atoms with Crippen molar-refractivity contribution >= 4 is 11.7 Å². The van der Waals surface area contributed by atoms with E-state index in [0.29, 0.717) is 24.3 Å². The summed E-state index contributed by atoms with van der Waals surface area (Å²) in [7, 11) is 0. The molecule has 0 aliphatic heterocycles. The molecule has 21 heavy (non-hydrogen) atoms. The van der Waals surface area contributed by atoms with Gasteiger partial charge in [0.1, 0.15) is 5.82 Å². The number of hydrogen-bond acceptors (Lipinski definition) is 4. The van der Waals surface area contributed by atoms with Crippen molar-refractivity contribution in [1.29, 1.82) is 5.26 Å². The number of anilines is 1. The van der Waals surface area contributed by atoms with Gasteiger partial charge in [0.25, 0.3) is 5.91 Å². The highest BCUT2D eigenvalue weighted by Gasteiger charge is 2.33. The molecule has 2 N–H and O–H groups in total. The number of nitriles is 1. The molecule has 1 saturated carbocycles. The molecule has 0 unspecified atom stereocenters. The lowest BCUT2D eigenvalue weighted by molar-refractivity contribution is 0.0746. The molecule has 0 aromatic carbocycles. The quantitative estimate of drug-likeness (QED) is 0.921. The van der Waals surface area contributed by atoms with E-state index in [2.05, 4.69) is 11.1 Å². The third-order valence-corrected chi connectivity index (χ3v) is 3.57. The fourth-order valence-electron chi connectivity index (χ4n) is 2.23. The summed E-state index contributed by atoms with van der Waals surface area (Å²) in [6, 6.07) is 5.82. The van der Waals surface area contributed by atoms with Crippen LogP contribution in [0.1, 0.15) is 56.1 Å². The summed E-state index contributed by atoms with van der Waals surface area (Å²) in [4.78, 5) is 18.8. The summed E-state index contributed by atoms with van der Waals surface area (Å²) in [5.74, 6) is 0.314. The zero-order valence-electron chi connectivity index (χ0n) is 12.9. The molecule has 112 valence electrons. The normalized spacial score (nSPS) is 14.6. The smallest absolute Gasteiger partial charge is 0.254 e. The van der Waals surface area contributed by atoms with E-state index >= 15 is 0 Å². The number of carbonyl (C=O) groups excluding carboxylic acids is 1. The third-order valence-electron chi connectivity index (χ3n) is 3.57. The highest BCUT2D eigenvalue weighted by Crippen LogP contribution is 2.29. The van der Waals surface area contributed by atoms with Crippen LogP contribution in [0.5, 0.6) is 0 Å². The van der Waals surface area contributed by atoms with E-state index in [1.807, 2.05) is 26.8 Å². The van der Waals surface area contributed by atoms with Crippen LogP contribution in [0.15, 0.2) is 12.1 Å². The van der Waals surface area contributed by atoms with Crippen molar-refractivity contribution in [2.75, 3.05) is 12.3 Å². The molecule has 1 amide bonds. The van der Waals surface area contributed by atoms with Gasteiger partial charge in [0.15, 0.2) is 0 Å². The molecule has 1 fully saturated rings. The summed E-state index contributed by atoms with van der Waals surface area (Å²) in [5.41, 5.74) is 7.06. The van der Waals surface area contributed by atoms with Crippen molar-refractivity contribution in [2.24, 2.45) is 0 Å². The van der Waals surface area contributed by atoms with Crippen LogP contribution in [0.4, 0.5) is 5.82 Å². The van der Waals surface area contributed by atoms with Crippen LogP contribution in [0.2, 0.25) is 0 Å². The molecule has 0 radical (unpaired) electrons. The Morgan fingerprint density at radius 3 is 2.67 bits per heavy atom. The molecule has 1 aliphatic carbocycles. The monoisotopic (exact) mass is 286 g/mol. The number of hydrogen-bond donors (Lipinski definition) is 1. The molecule has 2 rings (SSSR count). The Balaban J connectivity index is 2.29. The van der Waals surface area contributed by atoms with Gasteiger partial charge in [-0.1, -0.05) is 20.8 Å². The van der Waals surface area contributed by atoms with Gasteiger partial charge in [-0.2, -0.15) is 5.26 Å². The summed E-state index contributed by atoms with van der Waals surface area (Å²) < 4.78 is 0. The van der Waals surface area contributed by atoms with Gasteiger partial charge in [-0.25, -0.2) is 4.98 Å². The summed E-state index contributed by atoms with van der Waals surface area (Å²) >= 11 is 0. The van der Waals surface area contributed by atoms with Crippen molar-refractivity contribution in [3.05, 3.63) is 23.4 Å². The molecule has 1 heterocycles. The Labute approximate surface area is 125 Å². The number of nitrogens with two attached hydrogens (primary N) is 1. The Hall–Kier alpha value is -2.09. The van der Waals surface area contributed by atoms with E-state index in [9.17, 15) is 4.79 Å². The van der Waals surface area contributed by atoms with Gasteiger partial charge >= 0.3 is 0 Å². The molecular weight excluding hydrogens is 264 g/mol. The summed E-state index contributed by atoms with van der Waals surface area (Å²) in [6.07, 6.45) is 2.39. The Morgan fingerprint density at radius 2 is 2.14 bits per heavy atom. The van der Waals surface area contributed by atoms with Crippen molar-refractivity contribution in [1.82, 2.24) is 9.88 Å². The minimum Gasteiger partial charge on any atom is -0.384 e. The number of nitrogens with zero attached hydrogens (tertiary/aromatic N) is 3. The molecule has 0 bridgehead atoms. The molecule has 1 aromatic heterocycles. The lowest BCUT2D eigenvalue weighted by Gasteiger charge is -2.23. The molecular formula is C16H22N4O. The second-order valence-electron chi connectivity index (χ2n) is 6.55. The molecule has 5 heteroatoms. The second-order valence-corrected chi connectivity index (χ2v) is 6.55. The van der Waals surface area contributed by atoms with E-state index in [1.54, 1.807) is 11.0 Å². The third kappa shape index (κ3) is 3.72. The minimum atomic E-state index is -0.165. The predicted octanol–water partition coefficient (Wildman–Crippen LogP) is 2.48. The van der Waals surface area contributed by atoms with Crippen LogP contribution in [0, 0.1) is 11.3 Å². The van der Waals surface area contributed by atoms with Crippen LogP contribution in [0.25, 0.3) is 0 Å². The summed E-state index contributed by atoms with van der Waals surface area (Å²) in [5, 5.41) is 8.75. The number of rotatable bonds is 4. The molecule has 0 atom stereocenters. The zero-order valence-corrected chi connectivity index (χ0v) is 12.9. The number of carbonyl (C=O) groups is 1. The van der Waals surface area contributed by atoms with Gasteiger partial charge in [-0.05, 0) is 25.0 Å². The fourth-order valence-corrected chi connectivity index (χ4v) is 2.23. The maximum absolute atomic E-state index is 12.7. The maximum Gasteiger partial charge on any atom is 0.254 e. The highest BCUT2D eigenvalue weighted by atomic mass is 16.2. The number of nitrogen functional groups attached to an aromatic ring is 1. The largest absolute Gasteiger partial charge is 0.384 e. The van der Waals surface area contributed by atoms with Crippen LogP contribution < -0.4 is 5.73 Å². The minimum absolute atomic E-state index is 0.0487. The van der Waals surface area contributed by atoms with E-state index in [-0.39, 0.29) is 17.4 Å². The van der Waals surface area contributed by atoms with Gasteiger partial charge in [0.05, 0.1) is 12.5 Å². The second kappa shape index (κ2) is 5.72. The maximum atomic E-state index is 12.7. The fraction of sp³-hybridized carbons (Fsp3) is 0.562. The standard InChI is InChI=1S/C16H22N4O/c1-16(2,3)13-9-11(10-14(18)19-13)15(21)20(8-4-7-17)12-5-6-12/h9-10,12H,4-6,8H2,1-3H3,(H2,18,19). The van der Waals surface area contributed by atoms with E-state index in [4.69, 9.17) is 11.0 Å². The van der Waals surface area contributed by atoms with Gasteiger partial charge < -0.3 is 10.6 Å². The van der Waals surface area contributed by atoms with Crippen LogP contribution in [-0.4, -0.2) is 28.4 Å². The summed E-state index contributed by atoms with van der Waals surface area (Å²) in [6.45, 7) is 6.60. The first-order valence-electron chi connectivity index (χ1n) is 7.29. The number of amides is 1. The van der Waals surface area contributed by atoms with Crippen molar-refractivity contribution in [3.63, 3.8) is 0 Å². The van der Waals surface area contributed by atoms with Crippen molar-refractivity contribution < 1.29 is 4.79 Å². The van der Waals surface area contributed by atoms with E-state index in [1.165, 1.54) is 0 Å². The Bertz CT molecular complexity index is 579. The van der Waals surface area contributed by atoms with Gasteiger partial charge in [0, 0.05) is 29.3 Å². The Morgan fingerprint density at radius 1 is 1.48 bits per heavy atom. The molecule has 1 aliphatic rings. The Kier molecular flexibility index (Phi) is 4.17. The number of pyridine rings is 1. The number of aromatic nitrogens is 1. The van der Waals surface area contributed by atoms with E-state index in [0.717, 1.165) is 18.5 Å². The molecule has 0 saturated heterocycles. The molecule has 5 nitrogen and oxygen atoms in total. The lowest BCUT2D eigenvalue weighted by Crippen LogP contribution is -2.34. The van der Waals surface area contributed by atoms with Gasteiger partial charge in [-0.15, -0.1) is 0 Å². The first-order valence-corrected chi connectivity index (χ1v) is 7.29. The molecule has 0 spiro atoms. The highest BCUT2D eigenvalue weighted by molar-refractivity contribution is 5.95. The predicted molar refractivity (Wildman–Crippen MR) is 81.6 cm³/mol. The topological polar surface area (TPSA) is 83.0 Å². The van der Waals surface area contributed by atoms with Crippen LogP contribution in [-0.2, 0) is 5.41 Å². The van der Waals surface area contributed by atoms with Gasteiger partial charge in [-0.3, -0.25) is 4.79 Å². The van der Waals surface area contributed by atoms with Crippen LogP contribution >= 0.6 is 0 Å². The SMILES string of the molecule is CC(C)(C)c1cc(C(=O)N(CCC#N)C2CC2)cc(N)n1. The van der Waals surface area contributed by atoms with E-state index < -0.39 is 0 Å². The average molecular weight is 286 g/mol. The molecule has 1 aromatic rings. The van der Waals surface area contributed by atoms with Crippen molar-refractivity contribution in [2.45, 2.75) is 51.5 Å². The van der Waals surface area contributed by atoms with Crippen LogP contribution in [0.3, 0.4) is 0 Å². The lowest BCUT2D eigenvalue weighted by atomic mass is 9.90. The van der Waals surface area contributed by atoms with Crippen molar-refractivity contribution in [3.8, 4) is 6.07 Å². The van der Waals surface area contributed by atoms with Gasteiger partial charge in [0.2, 0.25) is 0 Å². The first kappa shape index (κ1) is 15.3. The average Bonchev–Trinajstić information content (AvgIpc) is 3.22. The zero-order chi connectivity index (χ0) is 15.6.